The molecule has 1 rings (SSSR count). The molecule has 0 amide bonds. The summed E-state index contributed by atoms with van der Waals surface area (Å²) in [4.78, 5) is 0. The van der Waals surface area contributed by atoms with E-state index in [0.717, 1.165) is 1.59 Å². The highest BCUT2D eigenvalue weighted by atomic mass is 127. The van der Waals surface area contributed by atoms with Gasteiger partial charge in [0.15, 0.2) is 0 Å². The topological polar surface area (TPSA) is 0 Å². The van der Waals surface area contributed by atoms with E-state index in [1.807, 2.05) is 6.07 Å². The zero-order chi connectivity index (χ0) is 8.27. The summed E-state index contributed by atoms with van der Waals surface area (Å²) >= 11 is 4.29. The maximum atomic E-state index is 12.9. The highest BCUT2D eigenvalue weighted by Gasteiger charge is 1.95. The highest BCUT2D eigenvalue weighted by molar-refractivity contribution is 14.2. The van der Waals surface area contributed by atoms with Crippen LogP contribution in [-0.2, 0) is 0 Å². The second kappa shape index (κ2) is 4.39. The second-order valence-electron chi connectivity index (χ2n) is 1.96. The SMILES string of the molecule is Fc1ccccc1C=C(I)I. The highest BCUT2D eigenvalue weighted by Crippen LogP contribution is 2.20. The van der Waals surface area contributed by atoms with Gasteiger partial charge in [-0.05, 0) is 57.3 Å². The summed E-state index contributed by atoms with van der Waals surface area (Å²) in [6.07, 6.45) is 1.80. The molecule has 1 aromatic rings. The van der Waals surface area contributed by atoms with Crippen molar-refractivity contribution in [1.29, 1.82) is 0 Å². The number of halogens is 3. The van der Waals surface area contributed by atoms with E-state index in [1.165, 1.54) is 6.07 Å². The Bertz CT molecular complexity index is 277. The van der Waals surface area contributed by atoms with Crippen LogP contribution in [0.2, 0.25) is 0 Å². The van der Waals surface area contributed by atoms with Crippen LogP contribution in [0.3, 0.4) is 0 Å². The molecule has 0 heterocycles. The molecule has 0 N–H and O–H groups in total. The zero-order valence-electron chi connectivity index (χ0n) is 5.52. The fourth-order valence-electron chi connectivity index (χ4n) is 0.710. The predicted octanol–water partition coefficient (Wildman–Crippen LogP) is 3.99. The molecule has 11 heavy (non-hydrogen) atoms. The summed E-state index contributed by atoms with van der Waals surface area (Å²) < 4.78 is 13.9. The van der Waals surface area contributed by atoms with Gasteiger partial charge in [0, 0.05) is 5.56 Å². The Morgan fingerprint density at radius 1 is 1.27 bits per heavy atom. The third-order valence-electron chi connectivity index (χ3n) is 1.17. The van der Waals surface area contributed by atoms with Crippen molar-refractivity contribution in [3.05, 3.63) is 37.2 Å². The van der Waals surface area contributed by atoms with Crippen molar-refractivity contribution >= 4 is 51.3 Å². The van der Waals surface area contributed by atoms with Gasteiger partial charge in [0.2, 0.25) is 0 Å². The van der Waals surface area contributed by atoms with Gasteiger partial charge in [0.1, 0.15) is 5.82 Å². The maximum Gasteiger partial charge on any atom is 0.130 e. The molecule has 0 radical (unpaired) electrons. The predicted molar refractivity (Wildman–Crippen MR) is 62.4 cm³/mol. The lowest BCUT2D eigenvalue weighted by atomic mass is 10.2. The Labute approximate surface area is 92.2 Å². The first-order valence-electron chi connectivity index (χ1n) is 2.97. The van der Waals surface area contributed by atoms with Crippen LogP contribution in [0.5, 0.6) is 0 Å². The lowest BCUT2D eigenvalue weighted by Crippen LogP contribution is -1.78. The molecule has 1 aromatic carbocycles. The molecule has 0 aliphatic carbocycles. The Morgan fingerprint density at radius 3 is 2.45 bits per heavy atom. The van der Waals surface area contributed by atoms with Crippen molar-refractivity contribution in [1.82, 2.24) is 0 Å². The second-order valence-corrected chi connectivity index (χ2v) is 6.34. The molecule has 58 valence electrons. The first-order valence-corrected chi connectivity index (χ1v) is 5.13. The van der Waals surface area contributed by atoms with Gasteiger partial charge in [-0.1, -0.05) is 18.2 Å². The molecule has 0 spiro atoms. The van der Waals surface area contributed by atoms with Crippen LogP contribution in [0.25, 0.3) is 6.08 Å². The van der Waals surface area contributed by atoms with Gasteiger partial charge < -0.3 is 0 Å². The molecular formula is C8H5FI2. The van der Waals surface area contributed by atoms with Crippen molar-refractivity contribution in [3.63, 3.8) is 0 Å². The number of hydrogen-bond donors (Lipinski definition) is 0. The minimum absolute atomic E-state index is 0.168. The molecule has 0 aliphatic heterocycles. The largest absolute Gasteiger partial charge is 0.206 e. The van der Waals surface area contributed by atoms with E-state index in [2.05, 4.69) is 45.2 Å². The Balaban J connectivity index is 3.04. The molecule has 0 saturated heterocycles. The molecule has 0 saturated carbocycles. The standard InChI is InChI=1S/C8H5FI2/c9-7-4-2-1-3-6(7)5-8(10)11/h1-5H. The molecule has 0 aliphatic rings. The fraction of sp³-hybridized carbons (Fsp3) is 0. The minimum atomic E-state index is -0.168. The van der Waals surface area contributed by atoms with Crippen LogP contribution in [-0.4, -0.2) is 0 Å². The first kappa shape index (κ1) is 9.44. The number of benzene rings is 1. The molecule has 0 nitrogen and oxygen atoms in total. The number of rotatable bonds is 1. The van der Waals surface area contributed by atoms with Crippen molar-refractivity contribution in [2.45, 2.75) is 0 Å². The molecule has 0 aromatic heterocycles. The molecule has 0 unspecified atom stereocenters. The molecule has 0 fully saturated rings. The molecule has 3 heteroatoms. The molecule has 0 bridgehead atoms. The monoisotopic (exact) mass is 374 g/mol. The lowest BCUT2D eigenvalue weighted by Gasteiger charge is -1.94. The van der Waals surface area contributed by atoms with Crippen molar-refractivity contribution in [2.24, 2.45) is 0 Å². The van der Waals surface area contributed by atoms with Gasteiger partial charge in [0.25, 0.3) is 0 Å². The summed E-state index contributed by atoms with van der Waals surface area (Å²) in [5.74, 6) is -0.168. The Kier molecular flexibility index (Phi) is 3.77. The Morgan fingerprint density at radius 2 is 1.91 bits per heavy atom. The zero-order valence-corrected chi connectivity index (χ0v) is 9.84. The summed E-state index contributed by atoms with van der Waals surface area (Å²) in [5.41, 5.74) is 0.645. The van der Waals surface area contributed by atoms with E-state index < -0.39 is 0 Å². The fourth-order valence-corrected chi connectivity index (χ4v) is 1.38. The third-order valence-corrected chi connectivity index (χ3v) is 1.79. The summed E-state index contributed by atoms with van der Waals surface area (Å²) in [7, 11) is 0. The van der Waals surface area contributed by atoms with Gasteiger partial charge in [-0.25, -0.2) is 4.39 Å². The van der Waals surface area contributed by atoms with E-state index in [0.29, 0.717) is 5.56 Å². The maximum absolute atomic E-state index is 12.9. The van der Waals surface area contributed by atoms with Crippen LogP contribution >= 0.6 is 45.2 Å². The average Bonchev–Trinajstić information content (AvgIpc) is 1.93. The van der Waals surface area contributed by atoms with E-state index >= 15 is 0 Å². The first-order chi connectivity index (χ1) is 5.20. The van der Waals surface area contributed by atoms with Crippen LogP contribution < -0.4 is 0 Å². The average molecular weight is 374 g/mol. The summed E-state index contributed by atoms with van der Waals surface area (Å²) in [5, 5.41) is 0. The van der Waals surface area contributed by atoms with E-state index in [4.69, 9.17) is 0 Å². The summed E-state index contributed by atoms with van der Waals surface area (Å²) in [6, 6.07) is 6.73. The van der Waals surface area contributed by atoms with Crippen molar-refractivity contribution in [3.8, 4) is 0 Å². The number of hydrogen-bond acceptors (Lipinski definition) is 0. The van der Waals surface area contributed by atoms with Crippen LogP contribution in [0, 0.1) is 5.82 Å². The normalized spacial score (nSPS) is 9.36. The lowest BCUT2D eigenvalue weighted by molar-refractivity contribution is 0.625. The van der Waals surface area contributed by atoms with Crippen LogP contribution in [0.1, 0.15) is 5.56 Å². The Hall–Kier alpha value is 0.350. The van der Waals surface area contributed by atoms with E-state index in [1.54, 1.807) is 18.2 Å². The van der Waals surface area contributed by atoms with Gasteiger partial charge >= 0.3 is 0 Å². The van der Waals surface area contributed by atoms with E-state index in [9.17, 15) is 4.39 Å². The summed E-state index contributed by atoms with van der Waals surface area (Å²) in [6.45, 7) is 0. The van der Waals surface area contributed by atoms with Gasteiger partial charge in [-0.15, -0.1) is 0 Å². The third kappa shape index (κ3) is 3.06. The quantitative estimate of drug-likeness (QED) is 0.653. The minimum Gasteiger partial charge on any atom is -0.206 e. The van der Waals surface area contributed by atoms with Crippen LogP contribution in [0.4, 0.5) is 4.39 Å². The molecular weight excluding hydrogens is 369 g/mol. The van der Waals surface area contributed by atoms with E-state index in [-0.39, 0.29) is 5.82 Å². The molecule has 0 atom stereocenters. The van der Waals surface area contributed by atoms with Gasteiger partial charge in [-0.2, -0.15) is 0 Å². The van der Waals surface area contributed by atoms with Gasteiger partial charge in [-0.3, -0.25) is 0 Å². The smallest absolute Gasteiger partial charge is 0.130 e. The van der Waals surface area contributed by atoms with Crippen molar-refractivity contribution in [2.75, 3.05) is 0 Å². The van der Waals surface area contributed by atoms with Crippen molar-refractivity contribution < 1.29 is 4.39 Å². The van der Waals surface area contributed by atoms with Crippen LogP contribution in [0.15, 0.2) is 25.9 Å². The van der Waals surface area contributed by atoms with Gasteiger partial charge in [0.05, 0.1) is 1.59 Å².